The minimum absolute atomic E-state index is 0.0605. The Balaban J connectivity index is 2.40. The van der Waals surface area contributed by atoms with E-state index in [2.05, 4.69) is 19.2 Å². The molecule has 0 bridgehead atoms. The molecule has 6 heteroatoms. The molecule has 104 valence electrons. The molecule has 1 rings (SSSR count). The lowest BCUT2D eigenvalue weighted by molar-refractivity contribution is -0.141. The van der Waals surface area contributed by atoms with Crippen molar-refractivity contribution in [1.82, 2.24) is 10.2 Å². The zero-order valence-electron chi connectivity index (χ0n) is 11.2. The third-order valence-electron chi connectivity index (χ3n) is 3.12. The Hall–Kier alpha value is -1.30. The first-order valence-corrected chi connectivity index (χ1v) is 6.08. The highest BCUT2D eigenvalue weighted by molar-refractivity contribution is 5.75. The van der Waals surface area contributed by atoms with E-state index in [0.29, 0.717) is 13.1 Å². The maximum absolute atomic E-state index is 11.8. The maximum Gasteiger partial charge on any atom is 0.317 e. The Morgan fingerprint density at radius 3 is 2.50 bits per heavy atom. The van der Waals surface area contributed by atoms with Crippen LogP contribution in [0, 0.1) is 5.41 Å². The van der Waals surface area contributed by atoms with Crippen LogP contribution in [-0.4, -0.2) is 52.3 Å². The van der Waals surface area contributed by atoms with Crippen LogP contribution in [0.2, 0.25) is 0 Å². The van der Waals surface area contributed by atoms with Crippen LogP contribution < -0.4 is 5.32 Å². The number of carboxylic acid groups (broad SMARTS) is 1. The number of aliphatic carboxylic acids is 1. The summed E-state index contributed by atoms with van der Waals surface area (Å²) in [4.78, 5) is 24.0. The topological polar surface area (TPSA) is 89.9 Å². The predicted molar refractivity (Wildman–Crippen MR) is 66.2 cm³/mol. The molecule has 0 aliphatic carbocycles. The van der Waals surface area contributed by atoms with Crippen LogP contribution in [0.1, 0.15) is 33.6 Å². The molecule has 1 aliphatic rings. The van der Waals surface area contributed by atoms with Gasteiger partial charge in [-0.05, 0) is 18.8 Å². The molecule has 1 fully saturated rings. The SMILES string of the molecule is CC1(C)CCN(C(=O)NCC(C)(O)CC(=O)O)C1. The van der Waals surface area contributed by atoms with Gasteiger partial charge in [0.2, 0.25) is 0 Å². The van der Waals surface area contributed by atoms with Crippen molar-refractivity contribution in [1.29, 1.82) is 0 Å². The Morgan fingerprint density at radius 2 is 2.06 bits per heavy atom. The fourth-order valence-electron chi connectivity index (χ4n) is 2.05. The summed E-state index contributed by atoms with van der Waals surface area (Å²) in [6.07, 6.45) is 0.560. The molecule has 18 heavy (non-hydrogen) atoms. The molecular formula is C12H22N2O4. The smallest absolute Gasteiger partial charge is 0.317 e. The Kier molecular flexibility index (Phi) is 4.21. The van der Waals surface area contributed by atoms with Crippen LogP contribution in [0.25, 0.3) is 0 Å². The summed E-state index contributed by atoms with van der Waals surface area (Å²) in [5.74, 6) is -1.09. The third kappa shape index (κ3) is 4.52. The van der Waals surface area contributed by atoms with Crippen LogP contribution in [0.5, 0.6) is 0 Å². The summed E-state index contributed by atoms with van der Waals surface area (Å²) in [5, 5.41) is 21.0. The van der Waals surface area contributed by atoms with E-state index >= 15 is 0 Å². The zero-order valence-corrected chi connectivity index (χ0v) is 11.2. The van der Waals surface area contributed by atoms with Crippen LogP contribution in [0.3, 0.4) is 0 Å². The fourth-order valence-corrected chi connectivity index (χ4v) is 2.05. The van der Waals surface area contributed by atoms with Crippen molar-refractivity contribution < 1.29 is 19.8 Å². The van der Waals surface area contributed by atoms with Crippen molar-refractivity contribution in [3.05, 3.63) is 0 Å². The van der Waals surface area contributed by atoms with Gasteiger partial charge in [-0.25, -0.2) is 4.79 Å². The molecular weight excluding hydrogens is 236 g/mol. The quantitative estimate of drug-likeness (QED) is 0.690. The first kappa shape index (κ1) is 14.8. The van der Waals surface area contributed by atoms with Gasteiger partial charge >= 0.3 is 12.0 Å². The standard InChI is InChI=1S/C12H22N2O4/c1-11(2)4-5-14(8-11)10(17)13-7-12(3,18)6-9(15)16/h18H,4-8H2,1-3H3,(H,13,17)(H,15,16). The van der Waals surface area contributed by atoms with Crippen molar-refractivity contribution >= 4 is 12.0 Å². The highest BCUT2D eigenvalue weighted by atomic mass is 16.4. The summed E-state index contributed by atoms with van der Waals surface area (Å²) in [6, 6.07) is -0.244. The Morgan fingerprint density at radius 1 is 1.44 bits per heavy atom. The van der Waals surface area contributed by atoms with Crippen LogP contribution in [0.4, 0.5) is 4.79 Å². The van der Waals surface area contributed by atoms with E-state index in [1.54, 1.807) is 4.90 Å². The summed E-state index contributed by atoms with van der Waals surface area (Å²) in [5.41, 5.74) is -1.29. The Bertz CT molecular complexity index is 339. The third-order valence-corrected chi connectivity index (χ3v) is 3.12. The second-order valence-corrected chi connectivity index (χ2v) is 6.06. The second kappa shape index (κ2) is 5.14. The van der Waals surface area contributed by atoms with E-state index < -0.39 is 18.0 Å². The number of rotatable bonds is 4. The van der Waals surface area contributed by atoms with Crippen molar-refractivity contribution in [2.75, 3.05) is 19.6 Å². The summed E-state index contributed by atoms with van der Waals surface area (Å²) < 4.78 is 0. The minimum Gasteiger partial charge on any atom is -0.481 e. The van der Waals surface area contributed by atoms with Crippen LogP contribution in [-0.2, 0) is 4.79 Å². The molecule has 6 nitrogen and oxygen atoms in total. The Labute approximate surface area is 107 Å². The molecule has 1 heterocycles. The monoisotopic (exact) mass is 258 g/mol. The van der Waals surface area contributed by atoms with Crippen molar-refractivity contribution in [3.8, 4) is 0 Å². The van der Waals surface area contributed by atoms with Crippen LogP contribution in [0.15, 0.2) is 0 Å². The number of nitrogens with zero attached hydrogens (tertiary/aromatic N) is 1. The van der Waals surface area contributed by atoms with Gasteiger partial charge in [0.05, 0.1) is 12.0 Å². The van der Waals surface area contributed by atoms with Gasteiger partial charge in [0.15, 0.2) is 0 Å². The van der Waals surface area contributed by atoms with Gasteiger partial charge in [0, 0.05) is 19.6 Å². The lowest BCUT2D eigenvalue weighted by atomic mass is 9.93. The van der Waals surface area contributed by atoms with Gasteiger partial charge in [-0.1, -0.05) is 13.8 Å². The van der Waals surface area contributed by atoms with E-state index in [1.807, 2.05) is 0 Å². The van der Waals surface area contributed by atoms with E-state index in [0.717, 1.165) is 6.42 Å². The second-order valence-electron chi connectivity index (χ2n) is 6.06. The number of carboxylic acids is 1. The normalized spacial score (nSPS) is 21.4. The number of carbonyl (C=O) groups is 2. The van der Waals surface area contributed by atoms with Gasteiger partial charge in [-0.3, -0.25) is 4.79 Å². The lowest BCUT2D eigenvalue weighted by Crippen LogP contribution is -2.47. The van der Waals surface area contributed by atoms with Gasteiger partial charge in [0.25, 0.3) is 0 Å². The molecule has 1 saturated heterocycles. The van der Waals surface area contributed by atoms with E-state index in [1.165, 1.54) is 6.92 Å². The number of carbonyl (C=O) groups excluding carboxylic acids is 1. The van der Waals surface area contributed by atoms with Crippen LogP contribution >= 0.6 is 0 Å². The van der Waals surface area contributed by atoms with Gasteiger partial charge < -0.3 is 20.4 Å². The average Bonchev–Trinajstić information content (AvgIpc) is 2.53. The number of hydrogen-bond acceptors (Lipinski definition) is 3. The summed E-state index contributed by atoms with van der Waals surface area (Å²) in [7, 11) is 0. The average molecular weight is 258 g/mol. The van der Waals surface area contributed by atoms with Crippen molar-refractivity contribution in [3.63, 3.8) is 0 Å². The molecule has 1 atom stereocenters. The molecule has 0 radical (unpaired) electrons. The largest absolute Gasteiger partial charge is 0.481 e. The van der Waals surface area contributed by atoms with E-state index in [9.17, 15) is 14.7 Å². The van der Waals surface area contributed by atoms with Gasteiger partial charge in [-0.15, -0.1) is 0 Å². The molecule has 0 aromatic carbocycles. The van der Waals surface area contributed by atoms with Gasteiger partial charge in [-0.2, -0.15) is 0 Å². The number of likely N-dealkylation sites (tertiary alicyclic amines) is 1. The molecule has 0 saturated carbocycles. The summed E-state index contributed by atoms with van der Waals surface area (Å²) >= 11 is 0. The predicted octanol–water partition coefficient (Wildman–Crippen LogP) is 0.654. The first-order valence-electron chi connectivity index (χ1n) is 6.08. The van der Waals surface area contributed by atoms with Gasteiger partial charge in [0.1, 0.15) is 0 Å². The molecule has 2 amide bonds. The van der Waals surface area contributed by atoms with Crippen molar-refractivity contribution in [2.45, 2.75) is 39.2 Å². The zero-order chi connectivity index (χ0) is 14.0. The highest BCUT2D eigenvalue weighted by Gasteiger charge is 2.33. The number of nitrogens with one attached hydrogen (secondary N) is 1. The molecule has 0 aromatic rings. The molecule has 3 N–H and O–H groups in total. The number of hydrogen-bond donors (Lipinski definition) is 3. The molecule has 1 unspecified atom stereocenters. The maximum atomic E-state index is 11.8. The lowest BCUT2D eigenvalue weighted by Gasteiger charge is -2.25. The molecule has 1 aliphatic heterocycles. The highest BCUT2D eigenvalue weighted by Crippen LogP contribution is 2.28. The first-order chi connectivity index (χ1) is 8.11. The molecule has 0 aromatic heterocycles. The van der Waals surface area contributed by atoms with Crippen molar-refractivity contribution in [2.24, 2.45) is 5.41 Å². The fraction of sp³-hybridized carbons (Fsp3) is 0.833. The number of urea groups is 1. The molecule has 0 spiro atoms. The minimum atomic E-state index is -1.42. The number of aliphatic hydroxyl groups is 1. The summed E-state index contributed by atoms with van der Waals surface area (Å²) in [6.45, 7) is 6.91. The van der Waals surface area contributed by atoms with E-state index in [4.69, 9.17) is 5.11 Å². The van der Waals surface area contributed by atoms with E-state index in [-0.39, 0.29) is 18.0 Å². The number of amides is 2.